The quantitative estimate of drug-likeness (QED) is 0.809. The number of carbonyl (C=O) groups is 1. The molecule has 1 fully saturated rings. The van der Waals surface area contributed by atoms with Gasteiger partial charge in [-0.2, -0.15) is 16.7 Å². The summed E-state index contributed by atoms with van der Waals surface area (Å²) in [6.45, 7) is 7.80. The normalized spacial score (nSPS) is 18.2. The van der Waals surface area contributed by atoms with Crippen molar-refractivity contribution in [2.45, 2.75) is 20.4 Å². The molecule has 6 nitrogen and oxygen atoms in total. The van der Waals surface area contributed by atoms with Gasteiger partial charge in [0.1, 0.15) is 0 Å². The van der Waals surface area contributed by atoms with Crippen LogP contribution in [0.1, 0.15) is 18.6 Å². The Bertz CT molecular complexity index is 443. The molecule has 1 saturated heterocycles. The van der Waals surface area contributed by atoms with Crippen LogP contribution in [0.3, 0.4) is 0 Å². The molecule has 1 aliphatic heterocycles. The summed E-state index contributed by atoms with van der Waals surface area (Å²) in [5.41, 5.74) is 0. The van der Waals surface area contributed by atoms with Gasteiger partial charge in [0.05, 0.1) is 6.54 Å². The number of amides is 1. The first-order valence-electron chi connectivity index (χ1n) is 6.89. The average Bonchev–Trinajstić information content (AvgIpc) is 2.84. The largest absolute Gasteiger partial charge is 0.340 e. The molecule has 0 saturated carbocycles. The number of hydrogen-bond acceptors (Lipinski definition) is 6. The second kappa shape index (κ2) is 7.08. The number of thioether (sulfide) groups is 1. The van der Waals surface area contributed by atoms with E-state index in [1.54, 1.807) is 18.7 Å². The van der Waals surface area contributed by atoms with Crippen molar-refractivity contribution >= 4 is 17.7 Å². The lowest BCUT2D eigenvalue weighted by atomic mass is 10.1. The third-order valence-corrected chi connectivity index (χ3v) is 4.29. The van der Waals surface area contributed by atoms with Crippen LogP contribution in [0.15, 0.2) is 4.52 Å². The Morgan fingerprint density at radius 2 is 2.10 bits per heavy atom. The van der Waals surface area contributed by atoms with Gasteiger partial charge in [0.25, 0.3) is 0 Å². The molecule has 0 aromatic carbocycles. The van der Waals surface area contributed by atoms with Crippen LogP contribution < -0.4 is 0 Å². The first-order valence-corrected chi connectivity index (χ1v) is 8.28. The maximum absolute atomic E-state index is 12.2. The highest BCUT2D eigenvalue weighted by Crippen LogP contribution is 2.12. The van der Waals surface area contributed by atoms with Gasteiger partial charge in [0.15, 0.2) is 5.82 Å². The van der Waals surface area contributed by atoms with Crippen molar-refractivity contribution in [2.24, 2.45) is 5.92 Å². The SMILES string of the molecule is CSC[C@@H](C)C(=O)N1CCN(Cc2noc(C)n2)CC1. The summed E-state index contributed by atoms with van der Waals surface area (Å²) in [5, 5.41) is 3.91. The van der Waals surface area contributed by atoms with E-state index in [2.05, 4.69) is 15.0 Å². The van der Waals surface area contributed by atoms with Crippen molar-refractivity contribution in [1.82, 2.24) is 19.9 Å². The zero-order chi connectivity index (χ0) is 14.5. The standard InChI is InChI=1S/C13H22N4O2S/c1-10(9-20-3)13(18)17-6-4-16(5-7-17)8-12-14-11(2)19-15-12/h10H,4-9H2,1-3H3/t10-/m1/s1. The van der Waals surface area contributed by atoms with Crippen LogP contribution >= 0.6 is 11.8 Å². The Morgan fingerprint density at radius 1 is 1.40 bits per heavy atom. The van der Waals surface area contributed by atoms with E-state index < -0.39 is 0 Å². The van der Waals surface area contributed by atoms with Crippen LogP contribution in [0.25, 0.3) is 0 Å². The molecule has 0 spiro atoms. The van der Waals surface area contributed by atoms with Gasteiger partial charge in [-0.1, -0.05) is 12.1 Å². The minimum absolute atomic E-state index is 0.108. The fourth-order valence-corrected chi connectivity index (χ4v) is 3.01. The maximum atomic E-state index is 12.2. The minimum Gasteiger partial charge on any atom is -0.340 e. The average molecular weight is 298 g/mol. The fraction of sp³-hybridized carbons (Fsp3) is 0.769. The lowest BCUT2D eigenvalue weighted by Crippen LogP contribution is -2.50. The van der Waals surface area contributed by atoms with Crippen LogP contribution in [0, 0.1) is 12.8 Å². The van der Waals surface area contributed by atoms with Gasteiger partial charge in [0.2, 0.25) is 11.8 Å². The lowest BCUT2D eigenvalue weighted by Gasteiger charge is -2.35. The number of carbonyl (C=O) groups excluding carboxylic acids is 1. The zero-order valence-electron chi connectivity index (χ0n) is 12.3. The molecule has 0 unspecified atom stereocenters. The van der Waals surface area contributed by atoms with Crippen molar-refractivity contribution in [3.8, 4) is 0 Å². The molecule has 1 amide bonds. The Kier molecular flexibility index (Phi) is 5.42. The zero-order valence-corrected chi connectivity index (χ0v) is 13.2. The van der Waals surface area contributed by atoms with Crippen LogP contribution in [-0.2, 0) is 11.3 Å². The molecule has 2 rings (SSSR count). The molecule has 0 bridgehead atoms. The predicted octanol–water partition coefficient (Wildman–Crippen LogP) is 1.02. The van der Waals surface area contributed by atoms with Gasteiger partial charge in [-0.05, 0) is 6.26 Å². The Morgan fingerprint density at radius 3 is 2.65 bits per heavy atom. The predicted molar refractivity (Wildman–Crippen MR) is 78.4 cm³/mol. The van der Waals surface area contributed by atoms with E-state index >= 15 is 0 Å². The van der Waals surface area contributed by atoms with E-state index in [0.29, 0.717) is 12.4 Å². The third kappa shape index (κ3) is 3.96. The van der Waals surface area contributed by atoms with E-state index in [4.69, 9.17) is 4.52 Å². The van der Waals surface area contributed by atoms with E-state index in [0.717, 1.165) is 37.8 Å². The summed E-state index contributed by atoms with van der Waals surface area (Å²) >= 11 is 1.72. The molecule has 7 heteroatoms. The van der Waals surface area contributed by atoms with Gasteiger partial charge >= 0.3 is 0 Å². The van der Waals surface area contributed by atoms with Crippen molar-refractivity contribution < 1.29 is 9.32 Å². The summed E-state index contributed by atoms with van der Waals surface area (Å²) in [6.07, 6.45) is 2.04. The van der Waals surface area contributed by atoms with Gasteiger partial charge < -0.3 is 9.42 Å². The Labute approximate surface area is 123 Å². The molecule has 1 atom stereocenters. The third-order valence-electron chi connectivity index (χ3n) is 3.46. The fourth-order valence-electron chi connectivity index (χ4n) is 2.36. The topological polar surface area (TPSA) is 62.5 Å². The molecule has 0 radical (unpaired) electrons. The molecular weight excluding hydrogens is 276 g/mol. The molecule has 0 aliphatic carbocycles. The number of piperazine rings is 1. The first kappa shape index (κ1) is 15.3. The van der Waals surface area contributed by atoms with Crippen LogP contribution in [0.4, 0.5) is 0 Å². The molecule has 1 aliphatic rings. The Hall–Kier alpha value is -1.08. The monoisotopic (exact) mass is 298 g/mol. The van der Waals surface area contributed by atoms with Gasteiger partial charge in [-0.25, -0.2) is 0 Å². The minimum atomic E-state index is 0.108. The number of aryl methyl sites for hydroxylation is 1. The molecule has 0 N–H and O–H groups in total. The number of aromatic nitrogens is 2. The van der Waals surface area contributed by atoms with Gasteiger partial charge in [-0.3, -0.25) is 9.69 Å². The molecule has 2 heterocycles. The maximum Gasteiger partial charge on any atom is 0.226 e. The highest BCUT2D eigenvalue weighted by Gasteiger charge is 2.25. The summed E-state index contributed by atoms with van der Waals surface area (Å²) < 4.78 is 4.97. The molecule has 1 aromatic heterocycles. The number of nitrogens with zero attached hydrogens (tertiary/aromatic N) is 4. The highest BCUT2D eigenvalue weighted by atomic mass is 32.2. The van der Waals surface area contributed by atoms with Crippen molar-refractivity contribution in [3.63, 3.8) is 0 Å². The summed E-state index contributed by atoms with van der Waals surface area (Å²) in [7, 11) is 0. The van der Waals surface area contributed by atoms with E-state index in [9.17, 15) is 4.79 Å². The number of hydrogen-bond donors (Lipinski definition) is 0. The smallest absolute Gasteiger partial charge is 0.226 e. The van der Waals surface area contributed by atoms with Gasteiger partial charge in [0, 0.05) is 44.8 Å². The second-order valence-corrected chi connectivity index (χ2v) is 6.10. The molecule has 1 aromatic rings. The summed E-state index contributed by atoms with van der Waals surface area (Å²) in [5.74, 6) is 2.59. The van der Waals surface area contributed by atoms with Crippen LogP contribution in [0.2, 0.25) is 0 Å². The van der Waals surface area contributed by atoms with E-state index in [1.807, 2.05) is 18.1 Å². The van der Waals surface area contributed by atoms with Crippen LogP contribution in [-0.4, -0.2) is 64.0 Å². The number of rotatable bonds is 5. The molecule has 20 heavy (non-hydrogen) atoms. The first-order chi connectivity index (χ1) is 9.60. The van der Waals surface area contributed by atoms with Crippen molar-refractivity contribution in [1.29, 1.82) is 0 Å². The molecular formula is C13H22N4O2S. The van der Waals surface area contributed by atoms with Crippen LogP contribution in [0.5, 0.6) is 0 Å². The van der Waals surface area contributed by atoms with E-state index in [1.165, 1.54) is 0 Å². The van der Waals surface area contributed by atoms with Crippen molar-refractivity contribution in [3.05, 3.63) is 11.7 Å². The lowest BCUT2D eigenvalue weighted by molar-refractivity contribution is -0.136. The van der Waals surface area contributed by atoms with E-state index in [-0.39, 0.29) is 11.8 Å². The highest BCUT2D eigenvalue weighted by molar-refractivity contribution is 7.98. The Balaban J connectivity index is 1.78. The summed E-state index contributed by atoms with van der Waals surface area (Å²) in [6, 6.07) is 0. The van der Waals surface area contributed by atoms with Crippen molar-refractivity contribution in [2.75, 3.05) is 38.2 Å². The summed E-state index contributed by atoms with van der Waals surface area (Å²) in [4.78, 5) is 20.6. The molecule has 112 valence electrons. The second-order valence-electron chi connectivity index (χ2n) is 5.19. The van der Waals surface area contributed by atoms with Gasteiger partial charge in [-0.15, -0.1) is 0 Å².